The van der Waals surface area contributed by atoms with Crippen molar-refractivity contribution < 1.29 is 14.6 Å². The van der Waals surface area contributed by atoms with Crippen molar-refractivity contribution in [1.82, 2.24) is 4.57 Å². The molecule has 7 heteroatoms. The van der Waals surface area contributed by atoms with E-state index in [1.165, 1.54) is 13.0 Å². The number of nitrogens with zero attached hydrogens (tertiary/aromatic N) is 3. The fraction of sp³-hybridized carbons (Fsp3) is 0.130. The van der Waals surface area contributed by atoms with Crippen LogP contribution < -0.4 is 0 Å². The predicted molar refractivity (Wildman–Crippen MR) is 116 cm³/mol. The first-order valence-electron chi connectivity index (χ1n) is 9.51. The van der Waals surface area contributed by atoms with Gasteiger partial charge in [-0.1, -0.05) is 41.6 Å². The maximum Gasteiger partial charge on any atom is 0.332 e. The molecule has 4 rings (SSSR count). The van der Waals surface area contributed by atoms with Crippen LogP contribution in [0.3, 0.4) is 0 Å². The van der Waals surface area contributed by atoms with Crippen molar-refractivity contribution >= 4 is 39.2 Å². The van der Waals surface area contributed by atoms with E-state index >= 15 is 0 Å². The van der Waals surface area contributed by atoms with E-state index in [4.69, 9.17) is 4.84 Å². The third-order valence-corrected chi connectivity index (χ3v) is 4.96. The van der Waals surface area contributed by atoms with Crippen LogP contribution in [0.2, 0.25) is 0 Å². The van der Waals surface area contributed by atoms with E-state index in [0.717, 1.165) is 39.5 Å². The minimum atomic E-state index is -0.511. The van der Waals surface area contributed by atoms with Gasteiger partial charge >= 0.3 is 5.97 Å². The van der Waals surface area contributed by atoms with Gasteiger partial charge in [0.1, 0.15) is 5.71 Å². The molecule has 0 unspecified atom stereocenters. The SMILES string of the molecule is CCn1c2ccc(C(=NOC(C)=O)c3ccccc3)cc2c2cc([N+](=O)[O-])ccc21. The molecule has 0 bridgehead atoms. The van der Waals surface area contributed by atoms with Gasteiger partial charge in [0.2, 0.25) is 0 Å². The Bertz CT molecular complexity index is 1310. The molecular weight excluding hydrogens is 382 g/mol. The summed E-state index contributed by atoms with van der Waals surface area (Å²) in [5.74, 6) is -0.511. The molecule has 0 N–H and O–H groups in total. The molecule has 0 saturated heterocycles. The van der Waals surface area contributed by atoms with Gasteiger partial charge in [-0.05, 0) is 25.1 Å². The first kappa shape index (κ1) is 19.3. The molecule has 0 spiro atoms. The molecule has 0 fully saturated rings. The molecular formula is C23H19N3O4. The van der Waals surface area contributed by atoms with Gasteiger partial charge in [0, 0.05) is 58.5 Å². The van der Waals surface area contributed by atoms with Crippen LogP contribution in [0.25, 0.3) is 21.8 Å². The number of fused-ring (bicyclic) bond motifs is 3. The standard InChI is InChI=1S/C23H19N3O4/c1-3-25-21-11-9-17(23(24-30-15(2)27)16-7-5-4-6-8-16)13-19(21)20-14-18(26(28)29)10-12-22(20)25/h4-14H,3H2,1-2H3. The zero-order chi connectivity index (χ0) is 21.3. The topological polar surface area (TPSA) is 86.7 Å². The van der Waals surface area contributed by atoms with Gasteiger partial charge in [-0.25, -0.2) is 4.79 Å². The van der Waals surface area contributed by atoms with Crippen LogP contribution in [-0.2, 0) is 16.2 Å². The lowest BCUT2D eigenvalue weighted by Crippen LogP contribution is -2.06. The largest absolute Gasteiger partial charge is 0.341 e. The molecule has 0 saturated carbocycles. The van der Waals surface area contributed by atoms with E-state index in [1.54, 1.807) is 12.1 Å². The fourth-order valence-corrected chi connectivity index (χ4v) is 3.67. The average molecular weight is 401 g/mol. The molecule has 0 aliphatic heterocycles. The second kappa shape index (κ2) is 7.79. The lowest BCUT2D eigenvalue weighted by atomic mass is 10.0. The monoisotopic (exact) mass is 401 g/mol. The quantitative estimate of drug-likeness (QED) is 0.203. The molecule has 0 aliphatic rings. The first-order valence-corrected chi connectivity index (χ1v) is 9.51. The van der Waals surface area contributed by atoms with Crippen LogP contribution in [0.5, 0.6) is 0 Å². The van der Waals surface area contributed by atoms with Gasteiger partial charge in [0.25, 0.3) is 5.69 Å². The van der Waals surface area contributed by atoms with Crippen LogP contribution in [0.15, 0.2) is 71.9 Å². The molecule has 30 heavy (non-hydrogen) atoms. The number of hydrogen-bond donors (Lipinski definition) is 0. The third-order valence-electron chi connectivity index (χ3n) is 4.96. The Morgan fingerprint density at radius 2 is 1.67 bits per heavy atom. The highest BCUT2D eigenvalue weighted by Gasteiger charge is 2.16. The fourth-order valence-electron chi connectivity index (χ4n) is 3.67. The van der Waals surface area contributed by atoms with E-state index in [1.807, 2.05) is 55.5 Å². The van der Waals surface area contributed by atoms with Crippen molar-refractivity contribution in [1.29, 1.82) is 0 Å². The van der Waals surface area contributed by atoms with E-state index in [9.17, 15) is 14.9 Å². The van der Waals surface area contributed by atoms with Crippen LogP contribution in [0.4, 0.5) is 5.69 Å². The molecule has 0 radical (unpaired) electrons. The number of oxime groups is 1. The summed E-state index contributed by atoms with van der Waals surface area (Å²) in [4.78, 5) is 27.2. The number of carbonyl (C=O) groups is 1. The van der Waals surface area contributed by atoms with Gasteiger partial charge in [-0.2, -0.15) is 0 Å². The van der Waals surface area contributed by atoms with Crippen molar-refractivity contribution in [2.45, 2.75) is 20.4 Å². The third kappa shape index (κ3) is 3.41. The van der Waals surface area contributed by atoms with Gasteiger partial charge in [-0.15, -0.1) is 0 Å². The number of non-ortho nitro benzene ring substituents is 1. The summed E-state index contributed by atoms with van der Waals surface area (Å²) in [6.45, 7) is 4.05. The average Bonchev–Trinajstić information content (AvgIpc) is 3.06. The lowest BCUT2D eigenvalue weighted by molar-refractivity contribution is -0.384. The minimum Gasteiger partial charge on any atom is -0.341 e. The Morgan fingerprint density at radius 1 is 1.00 bits per heavy atom. The number of hydrogen-bond acceptors (Lipinski definition) is 5. The van der Waals surface area contributed by atoms with Crippen molar-refractivity contribution in [3.05, 3.63) is 88.0 Å². The first-order chi connectivity index (χ1) is 14.5. The highest BCUT2D eigenvalue weighted by molar-refractivity contribution is 6.17. The van der Waals surface area contributed by atoms with E-state index in [2.05, 4.69) is 9.72 Å². The van der Waals surface area contributed by atoms with Gasteiger partial charge in [0.05, 0.1) is 4.92 Å². The van der Waals surface area contributed by atoms with Crippen LogP contribution in [0.1, 0.15) is 25.0 Å². The summed E-state index contributed by atoms with van der Waals surface area (Å²) in [6.07, 6.45) is 0. The molecule has 3 aromatic carbocycles. The number of nitro benzene ring substituents is 1. The molecule has 150 valence electrons. The zero-order valence-corrected chi connectivity index (χ0v) is 16.5. The van der Waals surface area contributed by atoms with Crippen LogP contribution in [-0.4, -0.2) is 21.2 Å². The van der Waals surface area contributed by atoms with Crippen molar-refractivity contribution in [3.63, 3.8) is 0 Å². The maximum absolute atomic E-state index is 11.3. The lowest BCUT2D eigenvalue weighted by Gasteiger charge is -2.08. The molecule has 0 aliphatic carbocycles. The Hall–Kier alpha value is -4.00. The second-order valence-electron chi connectivity index (χ2n) is 6.82. The Morgan fingerprint density at radius 3 is 2.30 bits per heavy atom. The Balaban J connectivity index is 1.98. The van der Waals surface area contributed by atoms with E-state index < -0.39 is 10.9 Å². The smallest absolute Gasteiger partial charge is 0.332 e. The van der Waals surface area contributed by atoms with Gasteiger partial charge < -0.3 is 9.40 Å². The molecule has 0 amide bonds. The highest BCUT2D eigenvalue weighted by atomic mass is 16.7. The maximum atomic E-state index is 11.3. The number of carbonyl (C=O) groups excluding carboxylic acids is 1. The van der Waals surface area contributed by atoms with Crippen molar-refractivity contribution in [3.8, 4) is 0 Å². The molecule has 1 heterocycles. The van der Waals surface area contributed by atoms with Crippen LogP contribution >= 0.6 is 0 Å². The van der Waals surface area contributed by atoms with Crippen molar-refractivity contribution in [2.24, 2.45) is 5.16 Å². The number of nitro groups is 1. The summed E-state index contributed by atoms with van der Waals surface area (Å²) in [5.41, 5.74) is 3.99. The number of rotatable bonds is 5. The minimum absolute atomic E-state index is 0.0416. The number of aryl methyl sites for hydroxylation is 1. The number of aromatic nitrogens is 1. The summed E-state index contributed by atoms with van der Waals surface area (Å²) >= 11 is 0. The predicted octanol–water partition coefficient (Wildman–Crippen LogP) is 5.04. The van der Waals surface area contributed by atoms with Crippen LogP contribution in [0, 0.1) is 10.1 Å². The normalized spacial score (nSPS) is 11.7. The highest BCUT2D eigenvalue weighted by Crippen LogP contribution is 2.33. The summed E-state index contributed by atoms with van der Waals surface area (Å²) in [5, 5.41) is 17.0. The van der Waals surface area contributed by atoms with Gasteiger partial charge in [0.15, 0.2) is 0 Å². The second-order valence-corrected chi connectivity index (χ2v) is 6.82. The summed E-state index contributed by atoms with van der Waals surface area (Å²) in [7, 11) is 0. The molecule has 1 aromatic heterocycles. The zero-order valence-electron chi connectivity index (χ0n) is 16.5. The van der Waals surface area contributed by atoms with E-state index in [-0.39, 0.29) is 5.69 Å². The van der Waals surface area contributed by atoms with Gasteiger partial charge in [-0.3, -0.25) is 10.1 Å². The Labute approximate surface area is 172 Å². The Kier molecular flexibility index (Phi) is 5.02. The molecule has 7 nitrogen and oxygen atoms in total. The molecule has 4 aromatic rings. The summed E-state index contributed by atoms with van der Waals surface area (Å²) < 4.78 is 2.11. The summed E-state index contributed by atoms with van der Waals surface area (Å²) in [6, 6.07) is 20.1. The number of benzene rings is 3. The van der Waals surface area contributed by atoms with E-state index in [0.29, 0.717) is 5.71 Å². The van der Waals surface area contributed by atoms with Crippen molar-refractivity contribution in [2.75, 3.05) is 0 Å². The molecule has 0 atom stereocenters.